The maximum absolute atomic E-state index is 11.7. The van der Waals surface area contributed by atoms with Crippen LogP contribution in [0.5, 0.6) is 0 Å². The monoisotopic (exact) mass is 187 g/mol. The van der Waals surface area contributed by atoms with Gasteiger partial charge in [0, 0.05) is 0 Å². The van der Waals surface area contributed by atoms with E-state index in [0.717, 1.165) is 0 Å². The summed E-state index contributed by atoms with van der Waals surface area (Å²) in [6, 6.07) is 0. The Morgan fingerprint density at radius 3 is 2.08 bits per heavy atom. The summed E-state index contributed by atoms with van der Waals surface area (Å²) in [4.78, 5) is 2.54. The molecule has 1 rings (SSSR count). The van der Waals surface area contributed by atoms with Crippen LogP contribution in [0.4, 0.5) is 22.0 Å². The summed E-state index contributed by atoms with van der Waals surface area (Å²) in [5.74, 6) is -2.67. The van der Waals surface area contributed by atoms with E-state index in [0.29, 0.717) is 0 Å². The summed E-state index contributed by atoms with van der Waals surface area (Å²) in [5, 5.41) is 4.05. The molecule has 1 heterocycles. The highest BCUT2D eigenvalue weighted by Crippen LogP contribution is 2.26. The van der Waals surface area contributed by atoms with E-state index in [1.54, 1.807) is 0 Å². The third kappa shape index (κ3) is 1.69. The van der Waals surface area contributed by atoms with E-state index in [4.69, 9.17) is 0 Å². The average molecular weight is 187 g/mol. The third-order valence-corrected chi connectivity index (χ3v) is 0.963. The topological polar surface area (TPSA) is 41.6 Å². The molecule has 0 saturated carbocycles. The minimum absolute atomic E-state index is 1.08. The molecule has 1 N–H and O–H groups in total. The minimum atomic E-state index is -4.79. The molecule has 0 aliphatic carbocycles. The molecule has 0 aliphatic heterocycles. The lowest BCUT2D eigenvalue weighted by Gasteiger charge is -1.97. The maximum Gasteiger partial charge on any atom is 0.453 e. The number of alkyl halides is 5. The predicted molar refractivity (Wildman–Crippen MR) is 26.3 cm³/mol. The van der Waals surface area contributed by atoms with Gasteiger partial charge in [-0.1, -0.05) is 0 Å². The van der Waals surface area contributed by atoms with Crippen molar-refractivity contribution >= 4 is 0 Å². The molecule has 0 bridgehead atoms. The molecule has 8 heteroatoms. The van der Waals surface area contributed by atoms with Crippen LogP contribution in [0.25, 0.3) is 0 Å². The number of aromatic amines is 1. The average Bonchev–Trinajstić information content (AvgIpc) is 2.30. The van der Waals surface area contributed by atoms with Gasteiger partial charge in [-0.3, -0.25) is 5.10 Å². The second-order valence-corrected chi connectivity index (χ2v) is 1.84. The highest BCUT2D eigenvalue weighted by Gasteiger charge is 2.36. The Hall–Kier alpha value is -1.21. The summed E-state index contributed by atoms with van der Waals surface area (Å²) in [5.41, 5.74) is 0. The summed E-state index contributed by atoms with van der Waals surface area (Å²) in [6.07, 6.45) is -7.86. The number of nitrogens with one attached hydrogen (secondary N) is 1. The molecule has 0 atom stereocenters. The Morgan fingerprint density at radius 2 is 1.83 bits per heavy atom. The predicted octanol–water partition coefficient (Wildman–Crippen LogP) is 1.76. The molecule has 0 spiro atoms. The molecule has 0 amide bonds. The van der Waals surface area contributed by atoms with Crippen molar-refractivity contribution in [1.82, 2.24) is 15.2 Å². The Kier molecular flexibility index (Phi) is 1.99. The van der Waals surface area contributed by atoms with Crippen molar-refractivity contribution in [2.45, 2.75) is 12.6 Å². The van der Waals surface area contributed by atoms with Gasteiger partial charge in [0.05, 0.1) is 0 Å². The van der Waals surface area contributed by atoms with Crippen molar-refractivity contribution in [1.29, 1.82) is 0 Å². The fourth-order valence-corrected chi connectivity index (χ4v) is 0.499. The highest BCUT2D eigenvalue weighted by molar-refractivity contribution is 4.94. The van der Waals surface area contributed by atoms with Gasteiger partial charge in [-0.15, -0.1) is 5.10 Å². The molecule has 0 aliphatic rings. The first kappa shape index (κ1) is 8.88. The number of rotatable bonds is 1. The van der Waals surface area contributed by atoms with Gasteiger partial charge < -0.3 is 0 Å². The standard InChI is InChI=1S/C4H2F5N3/c5-1(6)2-10-3(12-11-2)4(7,8)9/h1H,(H,10,11,12). The lowest BCUT2D eigenvalue weighted by Crippen LogP contribution is -2.07. The van der Waals surface area contributed by atoms with Crippen LogP contribution in [0.15, 0.2) is 0 Å². The second kappa shape index (κ2) is 2.68. The lowest BCUT2D eigenvalue weighted by atomic mass is 10.6. The van der Waals surface area contributed by atoms with Crippen LogP contribution in [0.2, 0.25) is 0 Å². The number of nitrogens with zero attached hydrogens (tertiary/aromatic N) is 2. The fraction of sp³-hybridized carbons (Fsp3) is 0.500. The molecular formula is C4H2F5N3. The molecule has 68 valence electrons. The summed E-state index contributed by atoms with van der Waals surface area (Å²) in [6.45, 7) is 0. The van der Waals surface area contributed by atoms with E-state index in [1.807, 2.05) is 0 Å². The molecule has 0 aromatic carbocycles. The molecule has 1 aromatic rings. The quantitative estimate of drug-likeness (QED) is 0.680. The van der Waals surface area contributed by atoms with Crippen LogP contribution in [0, 0.1) is 0 Å². The smallest absolute Gasteiger partial charge is 0.258 e. The second-order valence-electron chi connectivity index (χ2n) is 1.84. The highest BCUT2D eigenvalue weighted by atomic mass is 19.4. The van der Waals surface area contributed by atoms with Crippen molar-refractivity contribution in [3.63, 3.8) is 0 Å². The maximum atomic E-state index is 11.7. The summed E-state index contributed by atoms with van der Waals surface area (Å²) in [7, 11) is 0. The first-order valence-corrected chi connectivity index (χ1v) is 2.69. The van der Waals surface area contributed by atoms with Gasteiger partial charge >= 0.3 is 6.18 Å². The number of aromatic nitrogens is 3. The zero-order valence-electron chi connectivity index (χ0n) is 5.36. The fourth-order valence-electron chi connectivity index (χ4n) is 0.499. The van der Waals surface area contributed by atoms with Crippen molar-refractivity contribution in [3.05, 3.63) is 11.6 Å². The zero-order valence-corrected chi connectivity index (χ0v) is 5.36. The lowest BCUT2D eigenvalue weighted by molar-refractivity contribution is -0.144. The first-order valence-electron chi connectivity index (χ1n) is 2.69. The first-order chi connectivity index (χ1) is 5.41. The van der Waals surface area contributed by atoms with Gasteiger partial charge in [0.2, 0.25) is 0 Å². The van der Waals surface area contributed by atoms with Crippen LogP contribution in [-0.2, 0) is 6.18 Å². The number of H-pyrrole nitrogens is 1. The Labute approximate surface area is 62.6 Å². The molecule has 12 heavy (non-hydrogen) atoms. The van der Waals surface area contributed by atoms with E-state index in [2.05, 4.69) is 10.1 Å². The Balaban J connectivity index is 2.92. The normalized spacial score (nSPS) is 12.5. The van der Waals surface area contributed by atoms with Crippen molar-refractivity contribution in [2.24, 2.45) is 0 Å². The molecule has 0 fully saturated rings. The van der Waals surface area contributed by atoms with Gasteiger partial charge in [0.25, 0.3) is 12.2 Å². The number of halogens is 5. The zero-order chi connectivity index (χ0) is 9.35. The van der Waals surface area contributed by atoms with Crippen molar-refractivity contribution in [2.75, 3.05) is 0 Å². The largest absolute Gasteiger partial charge is 0.453 e. The number of hydrogen-bond donors (Lipinski definition) is 1. The van der Waals surface area contributed by atoms with Gasteiger partial charge in [-0.25, -0.2) is 13.8 Å². The van der Waals surface area contributed by atoms with Gasteiger partial charge in [0.15, 0.2) is 5.82 Å². The van der Waals surface area contributed by atoms with E-state index in [9.17, 15) is 22.0 Å². The molecule has 0 unspecified atom stereocenters. The molecular weight excluding hydrogens is 185 g/mol. The van der Waals surface area contributed by atoms with Crippen LogP contribution in [0.3, 0.4) is 0 Å². The summed E-state index contributed by atoms with van der Waals surface area (Å²) < 4.78 is 58.4. The van der Waals surface area contributed by atoms with Gasteiger partial charge in [0.1, 0.15) is 0 Å². The molecule has 0 radical (unpaired) electrons. The van der Waals surface area contributed by atoms with Gasteiger partial charge in [-0.2, -0.15) is 13.2 Å². The van der Waals surface area contributed by atoms with Gasteiger partial charge in [-0.05, 0) is 0 Å². The van der Waals surface area contributed by atoms with Crippen molar-refractivity contribution in [3.8, 4) is 0 Å². The van der Waals surface area contributed by atoms with Crippen LogP contribution in [0.1, 0.15) is 18.1 Å². The van der Waals surface area contributed by atoms with Crippen LogP contribution >= 0.6 is 0 Å². The van der Waals surface area contributed by atoms with Crippen LogP contribution < -0.4 is 0 Å². The Bertz CT molecular complexity index is 264. The minimum Gasteiger partial charge on any atom is -0.258 e. The molecule has 1 aromatic heterocycles. The van der Waals surface area contributed by atoms with E-state index in [1.165, 1.54) is 5.10 Å². The van der Waals surface area contributed by atoms with Crippen LogP contribution in [-0.4, -0.2) is 15.2 Å². The number of hydrogen-bond acceptors (Lipinski definition) is 2. The SMILES string of the molecule is FC(F)c1nc(C(F)(F)F)n[nH]1. The molecule has 3 nitrogen and oxygen atoms in total. The van der Waals surface area contributed by atoms with Crippen molar-refractivity contribution < 1.29 is 22.0 Å². The molecule has 0 saturated heterocycles. The van der Waals surface area contributed by atoms with E-state index < -0.39 is 24.3 Å². The third-order valence-electron chi connectivity index (χ3n) is 0.963. The van der Waals surface area contributed by atoms with E-state index in [-0.39, 0.29) is 0 Å². The van der Waals surface area contributed by atoms with E-state index >= 15 is 0 Å². The summed E-state index contributed by atoms with van der Waals surface area (Å²) >= 11 is 0. The Morgan fingerprint density at radius 1 is 1.25 bits per heavy atom.